The van der Waals surface area contributed by atoms with Gasteiger partial charge in [0.05, 0.1) is 18.2 Å². The lowest BCUT2D eigenvalue weighted by molar-refractivity contribution is -0.140. The first-order valence-corrected chi connectivity index (χ1v) is 11.3. The highest BCUT2D eigenvalue weighted by Crippen LogP contribution is 2.52. The minimum Gasteiger partial charge on any atom is -0.598 e. The van der Waals surface area contributed by atoms with E-state index in [0.717, 1.165) is 12.0 Å². The fourth-order valence-electron chi connectivity index (χ4n) is 4.06. The Morgan fingerprint density at radius 1 is 1.21 bits per heavy atom. The number of nitrogens with one attached hydrogen (secondary N) is 1. The highest BCUT2D eigenvalue weighted by molar-refractivity contribution is 7.89. The molecule has 7 heteroatoms. The van der Waals surface area contributed by atoms with Crippen LogP contribution in [0.3, 0.4) is 0 Å². The van der Waals surface area contributed by atoms with Crippen molar-refractivity contribution in [3.63, 3.8) is 0 Å². The van der Waals surface area contributed by atoms with E-state index in [1.54, 1.807) is 12.1 Å². The van der Waals surface area contributed by atoms with Gasteiger partial charge in [-0.3, -0.25) is 4.79 Å². The summed E-state index contributed by atoms with van der Waals surface area (Å²) in [5, 5.41) is 0. The number of nitrogens with zero attached hydrogens (tertiary/aromatic N) is 1. The van der Waals surface area contributed by atoms with Crippen LogP contribution in [-0.4, -0.2) is 40.2 Å². The van der Waals surface area contributed by atoms with E-state index in [1.807, 2.05) is 24.0 Å². The Labute approximate surface area is 172 Å². The standard InChI is InChI=1S/C22H24F2N2O2S/c1-2-29(28)25-13-14-10-11-26(14)22(27)18-12-17(18)15-6-3-4-7-16(15)21-19(23)8-5-9-20(21)24/h3-9,14,17-18,25H,2,10-13H2,1H3/t14-,17-,18+,29?/m0/s1. The van der Waals surface area contributed by atoms with Crippen molar-refractivity contribution in [2.45, 2.75) is 31.7 Å². The molecule has 0 radical (unpaired) electrons. The lowest BCUT2D eigenvalue weighted by atomic mass is 9.94. The van der Waals surface area contributed by atoms with Crippen molar-refractivity contribution < 1.29 is 18.1 Å². The lowest BCUT2D eigenvalue weighted by Crippen LogP contribution is -2.56. The topological polar surface area (TPSA) is 55.4 Å². The van der Waals surface area contributed by atoms with E-state index in [0.29, 0.717) is 30.8 Å². The molecule has 1 amide bonds. The van der Waals surface area contributed by atoms with E-state index in [1.165, 1.54) is 18.2 Å². The highest BCUT2D eigenvalue weighted by atomic mass is 32.2. The molecule has 2 fully saturated rings. The zero-order chi connectivity index (χ0) is 20.5. The molecular weight excluding hydrogens is 394 g/mol. The zero-order valence-corrected chi connectivity index (χ0v) is 17.1. The van der Waals surface area contributed by atoms with Crippen LogP contribution in [0.25, 0.3) is 11.1 Å². The maximum atomic E-state index is 14.3. The summed E-state index contributed by atoms with van der Waals surface area (Å²) in [4.78, 5) is 14.8. The Morgan fingerprint density at radius 2 is 1.93 bits per heavy atom. The van der Waals surface area contributed by atoms with E-state index in [-0.39, 0.29) is 29.3 Å². The van der Waals surface area contributed by atoms with Crippen LogP contribution in [0.1, 0.15) is 31.2 Å². The predicted molar refractivity (Wildman–Crippen MR) is 109 cm³/mol. The molecule has 1 saturated heterocycles. The van der Waals surface area contributed by atoms with Gasteiger partial charge in [0.1, 0.15) is 17.4 Å². The molecule has 1 unspecified atom stereocenters. The summed E-state index contributed by atoms with van der Waals surface area (Å²) in [6.45, 7) is 3.08. The van der Waals surface area contributed by atoms with Gasteiger partial charge in [0, 0.05) is 23.8 Å². The summed E-state index contributed by atoms with van der Waals surface area (Å²) in [6, 6.07) is 11.1. The molecule has 4 atom stereocenters. The normalized spacial score (nSPS) is 24.1. The minimum absolute atomic E-state index is 0.0308. The molecule has 0 bridgehead atoms. The molecule has 4 nitrogen and oxygen atoms in total. The molecule has 1 heterocycles. The van der Waals surface area contributed by atoms with Crippen LogP contribution in [0.2, 0.25) is 0 Å². The monoisotopic (exact) mass is 418 g/mol. The average Bonchev–Trinajstić information content (AvgIpc) is 3.48. The smallest absolute Gasteiger partial charge is 0.226 e. The summed E-state index contributed by atoms with van der Waals surface area (Å²) >= 11 is -1.06. The van der Waals surface area contributed by atoms with Crippen LogP contribution in [-0.2, 0) is 16.2 Å². The summed E-state index contributed by atoms with van der Waals surface area (Å²) in [7, 11) is 0. The van der Waals surface area contributed by atoms with Crippen molar-refractivity contribution in [3.05, 3.63) is 59.7 Å². The fraction of sp³-hybridized carbons (Fsp3) is 0.409. The molecule has 4 rings (SSSR count). The predicted octanol–water partition coefficient (Wildman–Crippen LogP) is 3.61. The summed E-state index contributed by atoms with van der Waals surface area (Å²) < 4.78 is 43.2. The Bertz CT molecular complexity index is 890. The second-order valence-electron chi connectivity index (χ2n) is 7.59. The summed E-state index contributed by atoms with van der Waals surface area (Å²) in [5.74, 6) is -0.770. The number of hydrogen-bond donors (Lipinski definition) is 1. The quantitative estimate of drug-likeness (QED) is 0.699. The van der Waals surface area contributed by atoms with Crippen molar-refractivity contribution in [1.82, 2.24) is 9.62 Å². The molecule has 1 aliphatic heterocycles. The van der Waals surface area contributed by atoms with Gasteiger partial charge in [-0.05, 0) is 48.9 Å². The SMILES string of the molecule is CC[S+]([O-])NC[C@@H]1CCN1C(=O)[C@@H]1C[C@H]1c1ccccc1-c1c(F)cccc1F. The molecule has 154 valence electrons. The first-order chi connectivity index (χ1) is 14.0. The maximum absolute atomic E-state index is 14.3. The largest absolute Gasteiger partial charge is 0.598 e. The Balaban J connectivity index is 1.48. The molecule has 1 saturated carbocycles. The zero-order valence-electron chi connectivity index (χ0n) is 16.2. The van der Waals surface area contributed by atoms with Crippen LogP contribution >= 0.6 is 0 Å². The van der Waals surface area contributed by atoms with Crippen molar-refractivity contribution in [2.75, 3.05) is 18.8 Å². The summed E-state index contributed by atoms with van der Waals surface area (Å²) in [6.07, 6.45) is 1.58. The number of carbonyl (C=O) groups excluding carboxylic acids is 1. The third kappa shape index (κ3) is 4.04. The second-order valence-corrected chi connectivity index (χ2v) is 9.15. The van der Waals surface area contributed by atoms with E-state index < -0.39 is 23.0 Å². The molecule has 2 aliphatic rings. The third-order valence-corrected chi connectivity index (χ3v) is 6.88. The Morgan fingerprint density at radius 3 is 2.59 bits per heavy atom. The minimum atomic E-state index is -1.06. The molecule has 29 heavy (non-hydrogen) atoms. The van der Waals surface area contributed by atoms with Gasteiger partial charge in [0.25, 0.3) is 0 Å². The van der Waals surface area contributed by atoms with Crippen LogP contribution in [0.4, 0.5) is 8.78 Å². The van der Waals surface area contributed by atoms with E-state index >= 15 is 0 Å². The number of halogens is 2. The van der Waals surface area contributed by atoms with Crippen molar-refractivity contribution in [1.29, 1.82) is 0 Å². The second kappa shape index (κ2) is 8.42. The van der Waals surface area contributed by atoms with Crippen molar-refractivity contribution in [3.8, 4) is 11.1 Å². The van der Waals surface area contributed by atoms with Gasteiger partial charge in [-0.15, -0.1) is 4.72 Å². The van der Waals surface area contributed by atoms with Gasteiger partial charge >= 0.3 is 0 Å². The number of amides is 1. The van der Waals surface area contributed by atoms with E-state index in [4.69, 9.17) is 0 Å². The third-order valence-electron chi connectivity index (χ3n) is 5.87. The molecule has 0 spiro atoms. The number of rotatable bonds is 7. The molecule has 1 N–H and O–H groups in total. The molecule has 0 aromatic heterocycles. The number of hydrogen-bond acceptors (Lipinski definition) is 3. The van der Waals surface area contributed by atoms with E-state index in [9.17, 15) is 18.1 Å². The van der Waals surface area contributed by atoms with Gasteiger partial charge in [0.15, 0.2) is 0 Å². The van der Waals surface area contributed by atoms with Crippen molar-refractivity contribution >= 4 is 17.3 Å². The van der Waals surface area contributed by atoms with Crippen LogP contribution in [0, 0.1) is 17.6 Å². The lowest BCUT2D eigenvalue weighted by Gasteiger charge is -2.41. The van der Waals surface area contributed by atoms with Gasteiger partial charge in [-0.2, -0.15) is 0 Å². The van der Waals surface area contributed by atoms with Crippen LogP contribution in [0.5, 0.6) is 0 Å². The van der Waals surface area contributed by atoms with Gasteiger partial charge in [-0.1, -0.05) is 30.3 Å². The Kier molecular flexibility index (Phi) is 5.90. The van der Waals surface area contributed by atoms with Gasteiger partial charge in [0.2, 0.25) is 5.91 Å². The van der Waals surface area contributed by atoms with Gasteiger partial charge in [-0.25, -0.2) is 8.78 Å². The maximum Gasteiger partial charge on any atom is 0.226 e. The van der Waals surface area contributed by atoms with Crippen molar-refractivity contribution in [2.24, 2.45) is 5.92 Å². The van der Waals surface area contributed by atoms with Crippen LogP contribution in [0.15, 0.2) is 42.5 Å². The molecule has 2 aromatic carbocycles. The molecule has 2 aromatic rings. The number of carbonyl (C=O) groups is 1. The first kappa shape index (κ1) is 20.3. The average molecular weight is 419 g/mol. The molecule has 1 aliphatic carbocycles. The number of likely N-dealkylation sites (tertiary alicyclic amines) is 1. The first-order valence-electron chi connectivity index (χ1n) is 9.97. The van der Waals surface area contributed by atoms with Gasteiger partial charge < -0.3 is 9.45 Å². The fourth-order valence-corrected chi connectivity index (χ4v) is 4.64. The number of benzene rings is 2. The summed E-state index contributed by atoms with van der Waals surface area (Å²) in [5.41, 5.74) is 1.30. The van der Waals surface area contributed by atoms with E-state index in [2.05, 4.69) is 4.72 Å². The highest BCUT2D eigenvalue weighted by Gasteiger charge is 2.49. The Hall–Kier alpha value is -1.96. The van der Waals surface area contributed by atoms with Crippen LogP contribution < -0.4 is 4.72 Å². The molecular formula is C22H24F2N2O2S.